The lowest BCUT2D eigenvalue weighted by Crippen LogP contribution is -2.29. The van der Waals surface area contributed by atoms with Crippen LogP contribution in [0.1, 0.15) is 34.5 Å². The second-order valence-electron chi connectivity index (χ2n) is 7.84. The van der Waals surface area contributed by atoms with Crippen molar-refractivity contribution < 1.29 is 21.6 Å². The number of benzene rings is 3. The second kappa shape index (κ2) is 9.76. The fraction of sp³-hybridized carbons (Fsp3) is 0.208. The smallest absolute Gasteiger partial charge is 0.251 e. The molecule has 0 bridgehead atoms. The van der Waals surface area contributed by atoms with E-state index >= 15 is 0 Å². The Morgan fingerprint density at radius 3 is 1.94 bits per heavy atom. The molecule has 3 rings (SSSR count). The van der Waals surface area contributed by atoms with Gasteiger partial charge in [0.15, 0.2) is 9.84 Å². The quantitative estimate of drug-likeness (QED) is 0.525. The first-order chi connectivity index (χ1) is 15.4. The topological polar surface area (TPSA) is 101 Å². The Balaban J connectivity index is 1.69. The number of sulfone groups is 1. The van der Waals surface area contributed by atoms with Gasteiger partial charge < -0.3 is 5.32 Å². The Bertz CT molecular complexity index is 1320. The number of hydrogen-bond acceptors (Lipinski definition) is 5. The van der Waals surface area contributed by atoms with Crippen LogP contribution in [0.4, 0.5) is 5.69 Å². The fourth-order valence-corrected chi connectivity index (χ4v) is 4.81. The molecule has 1 amide bonds. The summed E-state index contributed by atoms with van der Waals surface area (Å²) >= 11 is 0. The van der Waals surface area contributed by atoms with E-state index < -0.39 is 19.9 Å². The molecule has 0 fully saturated rings. The number of nitrogens with zero attached hydrogens (tertiary/aromatic N) is 1. The summed E-state index contributed by atoms with van der Waals surface area (Å²) in [5, 5.41) is 2.89. The average molecular weight is 487 g/mol. The van der Waals surface area contributed by atoms with E-state index in [1.165, 1.54) is 16.4 Å². The molecule has 1 N–H and O–H groups in total. The lowest BCUT2D eigenvalue weighted by Gasteiger charge is -2.22. The highest BCUT2D eigenvalue weighted by Gasteiger charge is 2.18. The van der Waals surface area contributed by atoms with E-state index in [1.807, 2.05) is 13.0 Å². The molecule has 3 aromatic rings. The molecular formula is C24H26N2O5S2. The highest BCUT2D eigenvalue weighted by atomic mass is 32.2. The third kappa shape index (κ3) is 6.43. The molecule has 7 nitrogen and oxygen atoms in total. The summed E-state index contributed by atoms with van der Waals surface area (Å²) in [6.45, 7) is 1.96. The van der Waals surface area contributed by atoms with E-state index in [0.717, 1.165) is 23.6 Å². The highest BCUT2D eigenvalue weighted by Crippen LogP contribution is 2.21. The van der Waals surface area contributed by atoms with Crippen molar-refractivity contribution in [1.29, 1.82) is 0 Å². The van der Waals surface area contributed by atoms with Gasteiger partial charge in [-0.1, -0.05) is 42.5 Å². The van der Waals surface area contributed by atoms with Gasteiger partial charge in [-0.15, -0.1) is 0 Å². The van der Waals surface area contributed by atoms with Crippen LogP contribution in [0, 0.1) is 0 Å². The van der Waals surface area contributed by atoms with Gasteiger partial charge in [0.1, 0.15) is 0 Å². The number of hydrogen-bond donors (Lipinski definition) is 1. The van der Waals surface area contributed by atoms with Gasteiger partial charge in [0.25, 0.3) is 5.91 Å². The fourth-order valence-electron chi connectivity index (χ4n) is 3.29. The molecule has 0 saturated carbocycles. The average Bonchev–Trinajstić information content (AvgIpc) is 2.77. The molecule has 9 heteroatoms. The molecule has 1 atom stereocenters. The molecule has 33 heavy (non-hydrogen) atoms. The SMILES string of the molecule is C[C@@H](NC(=O)c1ccc(CN(c2ccccc2)S(C)(=O)=O)cc1)c1ccc(S(C)(=O)=O)cc1. The minimum atomic E-state index is -3.49. The first-order valence-electron chi connectivity index (χ1n) is 10.2. The van der Waals surface area contributed by atoms with Gasteiger partial charge in [-0.3, -0.25) is 9.10 Å². The van der Waals surface area contributed by atoms with E-state index in [1.54, 1.807) is 60.7 Å². The van der Waals surface area contributed by atoms with Crippen molar-refractivity contribution in [3.63, 3.8) is 0 Å². The first-order valence-corrected chi connectivity index (χ1v) is 13.9. The van der Waals surface area contributed by atoms with Crippen LogP contribution >= 0.6 is 0 Å². The molecule has 0 aliphatic rings. The zero-order valence-corrected chi connectivity index (χ0v) is 20.2. The molecule has 0 radical (unpaired) electrons. The standard InChI is InChI=1S/C24H26N2O5S2/c1-18(20-13-15-23(16-14-20)32(2,28)29)25-24(27)21-11-9-19(10-12-21)17-26(33(3,30)31)22-7-5-4-6-8-22/h4-16,18H,17H2,1-3H3,(H,25,27)/t18-/m1/s1. The molecular weight excluding hydrogens is 460 g/mol. The second-order valence-corrected chi connectivity index (χ2v) is 11.8. The van der Waals surface area contributed by atoms with Crippen molar-refractivity contribution in [3.8, 4) is 0 Å². The maximum Gasteiger partial charge on any atom is 0.251 e. The van der Waals surface area contributed by atoms with Gasteiger partial charge in [0.2, 0.25) is 10.0 Å². The minimum Gasteiger partial charge on any atom is -0.346 e. The van der Waals surface area contributed by atoms with Crippen LogP contribution in [0.5, 0.6) is 0 Å². The predicted octanol–water partition coefficient (Wildman–Crippen LogP) is 3.55. The molecule has 3 aromatic carbocycles. The van der Waals surface area contributed by atoms with Crippen molar-refractivity contribution in [2.75, 3.05) is 16.8 Å². The molecule has 0 aliphatic heterocycles. The summed E-state index contributed by atoms with van der Waals surface area (Å²) in [5.74, 6) is -0.288. The zero-order valence-electron chi connectivity index (χ0n) is 18.6. The highest BCUT2D eigenvalue weighted by molar-refractivity contribution is 7.92. The maximum atomic E-state index is 12.7. The Hall–Kier alpha value is -3.17. The summed E-state index contributed by atoms with van der Waals surface area (Å²) in [6.07, 6.45) is 2.30. The largest absolute Gasteiger partial charge is 0.346 e. The van der Waals surface area contributed by atoms with E-state index in [-0.39, 0.29) is 23.4 Å². The van der Waals surface area contributed by atoms with Crippen molar-refractivity contribution in [2.24, 2.45) is 0 Å². The summed E-state index contributed by atoms with van der Waals surface area (Å²) in [4.78, 5) is 12.9. The predicted molar refractivity (Wildman–Crippen MR) is 129 cm³/mol. The van der Waals surface area contributed by atoms with Gasteiger partial charge >= 0.3 is 0 Å². The van der Waals surface area contributed by atoms with Gasteiger partial charge in [0, 0.05) is 11.8 Å². The molecule has 0 unspecified atom stereocenters. The Morgan fingerprint density at radius 1 is 0.848 bits per heavy atom. The Labute approximate surface area is 195 Å². The van der Waals surface area contributed by atoms with Crippen molar-refractivity contribution in [1.82, 2.24) is 5.32 Å². The normalized spacial score (nSPS) is 12.7. The minimum absolute atomic E-state index is 0.147. The van der Waals surface area contributed by atoms with Crippen LogP contribution < -0.4 is 9.62 Å². The summed E-state index contributed by atoms with van der Waals surface area (Å²) in [7, 11) is -6.76. The zero-order chi connectivity index (χ0) is 24.2. The Morgan fingerprint density at radius 2 is 1.42 bits per heavy atom. The number of carbonyl (C=O) groups is 1. The van der Waals surface area contributed by atoms with E-state index in [4.69, 9.17) is 0 Å². The number of rotatable bonds is 8. The lowest BCUT2D eigenvalue weighted by atomic mass is 10.1. The number of amides is 1. The van der Waals surface area contributed by atoms with Gasteiger partial charge in [-0.05, 0) is 54.4 Å². The van der Waals surface area contributed by atoms with E-state index in [9.17, 15) is 21.6 Å². The first kappa shape index (κ1) is 24.5. The number of sulfonamides is 1. The number of para-hydroxylation sites is 1. The van der Waals surface area contributed by atoms with Crippen LogP contribution in [0.25, 0.3) is 0 Å². The van der Waals surface area contributed by atoms with Crippen LogP contribution in [-0.2, 0) is 26.4 Å². The molecule has 0 spiro atoms. The van der Waals surface area contributed by atoms with Crippen molar-refractivity contribution >= 4 is 31.5 Å². The van der Waals surface area contributed by atoms with Crippen LogP contribution in [0.2, 0.25) is 0 Å². The maximum absolute atomic E-state index is 12.7. The lowest BCUT2D eigenvalue weighted by molar-refractivity contribution is 0.0940. The van der Waals surface area contributed by atoms with Gasteiger partial charge in [0.05, 0.1) is 29.4 Å². The summed E-state index contributed by atoms with van der Waals surface area (Å²) < 4.78 is 49.1. The van der Waals surface area contributed by atoms with Crippen molar-refractivity contribution in [2.45, 2.75) is 24.4 Å². The number of anilines is 1. The monoisotopic (exact) mass is 486 g/mol. The molecule has 0 saturated heterocycles. The van der Waals surface area contributed by atoms with E-state index in [0.29, 0.717) is 11.3 Å². The molecule has 0 aliphatic carbocycles. The van der Waals surface area contributed by atoms with Crippen LogP contribution in [-0.4, -0.2) is 35.3 Å². The molecule has 174 valence electrons. The van der Waals surface area contributed by atoms with Crippen molar-refractivity contribution in [3.05, 3.63) is 95.6 Å². The Kier molecular flexibility index (Phi) is 7.24. The molecule has 0 aromatic heterocycles. The van der Waals surface area contributed by atoms with Gasteiger partial charge in [-0.2, -0.15) is 0 Å². The van der Waals surface area contributed by atoms with Crippen LogP contribution in [0.15, 0.2) is 83.8 Å². The number of carbonyl (C=O) groups excluding carboxylic acids is 1. The number of nitrogens with one attached hydrogen (secondary N) is 1. The third-order valence-corrected chi connectivity index (χ3v) is 7.41. The van der Waals surface area contributed by atoms with Gasteiger partial charge in [-0.25, -0.2) is 16.8 Å². The van der Waals surface area contributed by atoms with E-state index in [2.05, 4.69) is 5.32 Å². The summed E-state index contributed by atoms with van der Waals surface area (Å²) in [5.41, 5.74) is 2.52. The van der Waals surface area contributed by atoms with Crippen LogP contribution in [0.3, 0.4) is 0 Å². The molecule has 0 heterocycles. The summed E-state index contributed by atoms with van der Waals surface area (Å²) in [6, 6.07) is 21.6. The third-order valence-electron chi connectivity index (χ3n) is 5.14.